The van der Waals surface area contributed by atoms with E-state index >= 15 is 0 Å². The first kappa shape index (κ1) is 13.9. The Kier molecular flexibility index (Phi) is 3.78. The first-order valence-electron chi connectivity index (χ1n) is 7.59. The molecule has 0 spiro atoms. The van der Waals surface area contributed by atoms with Crippen molar-refractivity contribution in [2.24, 2.45) is 0 Å². The minimum absolute atomic E-state index is 0.357. The van der Waals surface area contributed by atoms with Gasteiger partial charge in [0.15, 0.2) is 0 Å². The van der Waals surface area contributed by atoms with Crippen molar-refractivity contribution in [1.82, 2.24) is 9.88 Å². The Bertz CT molecular complexity index is 679. The number of ketones is 1. The smallest absolute Gasteiger partial charge is 0.295 e. The molecule has 1 N–H and O–H groups in total. The molecule has 1 saturated heterocycles. The van der Waals surface area contributed by atoms with Crippen molar-refractivity contribution in [3.63, 3.8) is 0 Å². The van der Waals surface area contributed by atoms with Gasteiger partial charge in [-0.15, -0.1) is 0 Å². The molecule has 0 aliphatic carbocycles. The van der Waals surface area contributed by atoms with Gasteiger partial charge in [-0.05, 0) is 25.8 Å². The topological polar surface area (TPSA) is 53.2 Å². The molecular formula is C17H20N2O2. The van der Waals surface area contributed by atoms with Crippen molar-refractivity contribution in [3.8, 4) is 0 Å². The van der Waals surface area contributed by atoms with Gasteiger partial charge in [-0.25, -0.2) is 0 Å². The molecule has 0 bridgehead atoms. The number of aryl methyl sites for hydroxylation is 1. The number of nitrogens with zero attached hydrogens (tertiary/aromatic N) is 1. The van der Waals surface area contributed by atoms with Crippen LogP contribution in [0.3, 0.4) is 0 Å². The van der Waals surface area contributed by atoms with Crippen LogP contribution < -0.4 is 0 Å². The van der Waals surface area contributed by atoms with Crippen LogP contribution in [0.1, 0.15) is 41.7 Å². The van der Waals surface area contributed by atoms with E-state index in [0.717, 1.165) is 42.3 Å². The van der Waals surface area contributed by atoms with E-state index in [1.165, 1.54) is 0 Å². The molecule has 1 aliphatic rings. The third-order valence-corrected chi connectivity index (χ3v) is 4.21. The van der Waals surface area contributed by atoms with E-state index in [4.69, 9.17) is 0 Å². The second-order valence-electron chi connectivity index (χ2n) is 5.71. The average Bonchev–Trinajstić information content (AvgIpc) is 2.67. The van der Waals surface area contributed by atoms with E-state index in [9.17, 15) is 9.59 Å². The van der Waals surface area contributed by atoms with Crippen molar-refractivity contribution < 1.29 is 9.59 Å². The van der Waals surface area contributed by atoms with E-state index in [0.29, 0.717) is 18.7 Å². The summed E-state index contributed by atoms with van der Waals surface area (Å²) in [5.41, 5.74) is 2.20. The van der Waals surface area contributed by atoms with E-state index in [2.05, 4.69) is 4.98 Å². The predicted octanol–water partition coefficient (Wildman–Crippen LogP) is 3.06. The molecule has 1 aromatic carbocycles. The third kappa shape index (κ3) is 2.58. The number of amides is 1. The third-order valence-electron chi connectivity index (χ3n) is 4.21. The molecular weight excluding hydrogens is 264 g/mol. The van der Waals surface area contributed by atoms with Gasteiger partial charge in [-0.3, -0.25) is 9.59 Å². The summed E-state index contributed by atoms with van der Waals surface area (Å²) in [5.74, 6) is -0.739. The van der Waals surface area contributed by atoms with Gasteiger partial charge in [0, 0.05) is 29.7 Å². The number of fused-ring (bicyclic) bond motifs is 1. The number of carbonyl (C=O) groups is 2. The highest BCUT2D eigenvalue weighted by Crippen LogP contribution is 2.23. The number of aromatic nitrogens is 1. The van der Waals surface area contributed by atoms with Crippen LogP contribution in [0, 0.1) is 6.92 Å². The Morgan fingerprint density at radius 3 is 2.43 bits per heavy atom. The summed E-state index contributed by atoms with van der Waals surface area (Å²) in [5, 5.41) is 0.836. The maximum Gasteiger partial charge on any atom is 0.295 e. The molecule has 1 amide bonds. The monoisotopic (exact) mass is 284 g/mol. The number of rotatable bonds is 2. The highest BCUT2D eigenvalue weighted by Gasteiger charge is 2.27. The van der Waals surface area contributed by atoms with Crippen molar-refractivity contribution >= 4 is 22.6 Å². The number of para-hydroxylation sites is 1. The van der Waals surface area contributed by atoms with Gasteiger partial charge in [0.1, 0.15) is 0 Å². The van der Waals surface area contributed by atoms with Crippen LogP contribution in [-0.2, 0) is 4.79 Å². The van der Waals surface area contributed by atoms with Crippen molar-refractivity contribution in [1.29, 1.82) is 0 Å². The fourth-order valence-electron chi connectivity index (χ4n) is 3.09. The summed E-state index contributed by atoms with van der Waals surface area (Å²) in [6.07, 6.45) is 4.27. The molecule has 0 saturated carbocycles. The highest BCUT2D eigenvalue weighted by molar-refractivity contribution is 6.45. The second kappa shape index (κ2) is 5.72. The fourth-order valence-corrected chi connectivity index (χ4v) is 3.09. The van der Waals surface area contributed by atoms with Crippen LogP contribution in [0.5, 0.6) is 0 Å². The first-order valence-corrected chi connectivity index (χ1v) is 7.59. The van der Waals surface area contributed by atoms with E-state index in [1.54, 1.807) is 4.90 Å². The van der Waals surface area contributed by atoms with Crippen molar-refractivity contribution in [2.45, 2.75) is 32.6 Å². The fraction of sp³-hybridized carbons (Fsp3) is 0.412. The SMILES string of the molecule is Cc1[nH]c2ccccc2c1C(=O)C(=O)N1CCCCCC1. The Morgan fingerprint density at radius 2 is 1.71 bits per heavy atom. The number of aromatic amines is 1. The lowest BCUT2D eigenvalue weighted by Crippen LogP contribution is -2.37. The van der Waals surface area contributed by atoms with Crippen LogP contribution in [0.2, 0.25) is 0 Å². The molecule has 1 aromatic heterocycles. The Balaban J connectivity index is 1.92. The molecule has 3 rings (SSSR count). The van der Waals surface area contributed by atoms with E-state index in [1.807, 2.05) is 31.2 Å². The van der Waals surface area contributed by atoms with Gasteiger partial charge in [-0.1, -0.05) is 31.0 Å². The molecule has 2 heterocycles. The normalized spacial score (nSPS) is 16.0. The summed E-state index contributed by atoms with van der Waals surface area (Å²) in [4.78, 5) is 30.1. The zero-order valence-electron chi connectivity index (χ0n) is 12.3. The Labute approximate surface area is 124 Å². The minimum Gasteiger partial charge on any atom is -0.358 e. The number of hydrogen-bond donors (Lipinski definition) is 1. The summed E-state index contributed by atoms with van der Waals surface area (Å²) in [7, 11) is 0. The zero-order valence-corrected chi connectivity index (χ0v) is 12.3. The molecule has 4 heteroatoms. The average molecular weight is 284 g/mol. The lowest BCUT2D eigenvalue weighted by Gasteiger charge is -2.19. The summed E-state index contributed by atoms with van der Waals surface area (Å²) < 4.78 is 0. The molecule has 110 valence electrons. The summed E-state index contributed by atoms with van der Waals surface area (Å²) >= 11 is 0. The minimum atomic E-state index is -0.383. The largest absolute Gasteiger partial charge is 0.358 e. The van der Waals surface area contributed by atoms with Crippen LogP contribution in [0.25, 0.3) is 10.9 Å². The lowest BCUT2D eigenvalue weighted by molar-refractivity contribution is -0.126. The zero-order chi connectivity index (χ0) is 14.8. The summed E-state index contributed by atoms with van der Waals surface area (Å²) in [6.45, 7) is 3.25. The number of nitrogens with one attached hydrogen (secondary N) is 1. The highest BCUT2D eigenvalue weighted by atomic mass is 16.2. The lowest BCUT2D eigenvalue weighted by atomic mass is 10.1. The van der Waals surface area contributed by atoms with Gasteiger partial charge in [0.05, 0.1) is 5.56 Å². The molecule has 21 heavy (non-hydrogen) atoms. The van der Waals surface area contributed by atoms with E-state index < -0.39 is 0 Å². The van der Waals surface area contributed by atoms with Crippen molar-refractivity contribution in [3.05, 3.63) is 35.5 Å². The molecule has 0 radical (unpaired) electrons. The Hall–Kier alpha value is -2.10. The number of carbonyl (C=O) groups excluding carboxylic acids is 2. The van der Waals surface area contributed by atoms with Crippen LogP contribution >= 0.6 is 0 Å². The first-order chi connectivity index (χ1) is 10.2. The predicted molar refractivity (Wildman–Crippen MR) is 82.4 cm³/mol. The Morgan fingerprint density at radius 1 is 1.05 bits per heavy atom. The standard InChI is InChI=1S/C17H20N2O2/c1-12-15(13-8-4-5-9-14(13)18-12)16(20)17(21)19-10-6-2-3-7-11-19/h4-5,8-9,18H,2-3,6-7,10-11H2,1H3. The maximum atomic E-state index is 12.6. The van der Waals surface area contributed by atoms with Crippen LogP contribution in [0.15, 0.2) is 24.3 Å². The van der Waals surface area contributed by atoms with Gasteiger partial charge in [0.2, 0.25) is 0 Å². The molecule has 2 aromatic rings. The second-order valence-corrected chi connectivity index (χ2v) is 5.71. The van der Waals surface area contributed by atoms with Gasteiger partial charge < -0.3 is 9.88 Å². The van der Waals surface area contributed by atoms with Gasteiger partial charge >= 0.3 is 0 Å². The molecule has 1 fully saturated rings. The number of Topliss-reactive ketones (excluding diaryl/α,β-unsaturated/α-hetero) is 1. The summed E-state index contributed by atoms with van der Waals surface area (Å²) in [6, 6.07) is 7.63. The van der Waals surface area contributed by atoms with Crippen LogP contribution in [-0.4, -0.2) is 34.7 Å². The molecule has 1 aliphatic heterocycles. The van der Waals surface area contributed by atoms with E-state index in [-0.39, 0.29) is 11.7 Å². The van der Waals surface area contributed by atoms with Gasteiger partial charge in [-0.2, -0.15) is 0 Å². The molecule has 0 unspecified atom stereocenters. The van der Waals surface area contributed by atoms with Crippen molar-refractivity contribution in [2.75, 3.05) is 13.1 Å². The number of hydrogen-bond acceptors (Lipinski definition) is 2. The maximum absolute atomic E-state index is 12.6. The quantitative estimate of drug-likeness (QED) is 0.680. The molecule has 0 atom stereocenters. The van der Waals surface area contributed by atoms with Crippen LogP contribution in [0.4, 0.5) is 0 Å². The number of likely N-dealkylation sites (tertiary alicyclic amines) is 1. The molecule has 4 nitrogen and oxygen atoms in total. The number of benzene rings is 1. The number of H-pyrrole nitrogens is 1. The van der Waals surface area contributed by atoms with Gasteiger partial charge in [0.25, 0.3) is 11.7 Å².